The third kappa shape index (κ3) is 3.37. The molecular weight excluding hydrogens is 260 g/mol. The van der Waals surface area contributed by atoms with E-state index in [0.717, 1.165) is 30.8 Å². The Kier molecular flexibility index (Phi) is 4.41. The number of furan rings is 1. The molecule has 0 saturated carbocycles. The van der Waals surface area contributed by atoms with Gasteiger partial charge in [0.1, 0.15) is 5.76 Å². The van der Waals surface area contributed by atoms with Crippen LogP contribution in [-0.4, -0.2) is 35.8 Å². The molecule has 20 heavy (non-hydrogen) atoms. The monoisotopic (exact) mass is 280 g/mol. The maximum Gasteiger partial charge on any atom is 0.301 e. The van der Waals surface area contributed by atoms with Crippen molar-refractivity contribution in [3.63, 3.8) is 0 Å². The van der Waals surface area contributed by atoms with E-state index in [0.29, 0.717) is 6.54 Å². The lowest BCUT2D eigenvalue weighted by Gasteiger charge is -2.14. The molecule has 7 nitrogen and oxygen atoms in total. The molecule has 1 aromatic rings. The predicted molar refractivity (Wildman–Crippen MR) is 72.6 cm³/mol. The van der Waals surface area contributed by atoms with E-state index in [1.54, 1.807) is 0 Å². The average Bonchev–Trinajstić information content (AvgIpc) is 2.95. The van der Waals surface area contributed by atoms with Crippen molar-refractivity contribution in [1.29, 1.82) is 0 Å². The fourth-order valence-corrected chi connectivity index (χ4v) is 2.52. The first-order valence-corrected chi connectivity index (χ1v) is 6.59. The number of likely N-dealkylation sites (tertiary alicyclic amines) is 1. The van der Waals surface area contributed by atoms with Crippen molar-refractivity contribution in [2.75, 3.05) is 13.1 Å². The highest BCUT2D eigenvalue weighted by Gasteiger charge is 2.24. The lowest BCUT2D eigenvalue weighted by Crippen LogP contribution is -2.35. The molecule has 1 aliphatic heterocycles. The number of nitrogens with two attached hydrogens (primary N) is 1. The highest BCUT2D eigenvalue weighted by molar-refractivity contribution is 5.92. The van der Waals surface area contributed by atoms with Crippen LogP contribution in [0.3, 0.4) is 0 Å². The molecule has 1 atom stereocenters. The molecule has 1 aliphatic rings. The summed E-state index contributed by atoms with van der Waals surface area (Å²) in [6.45, 7) is 5.63. The van der Waals surface area contributed by atoms with Gasteiger partial charge >= 0.3 is 5.91 Å². The van der Waals surface area contributed by atoms with Gasteiger partial charge < -0.3 is 9.73 Å². The molecule has 2 heterocycles. The van der Waals surface area contributed by atoms with Crippen LogP contribution in [0.2, 0.25) is 0 Å². The summed E-state index contributed by atoms with van der Waals surface area (Å²) in [5, 5.41) is 2.91. The normalized spacial score (nSPS) is 19.1. The van der Waals surface area contributed by atoms with Crippen LogP contribution >= 0.6 is 0 Å². The van der Waals surface area contributed by atoms with E-state index in [2.05, 4.69) is 15.6 Å². The number of nitrogens with one attached hydrogen (secondary N) is 2. The highest BCUT2D eigenvalue weighted by atomic mass is 16.4. The van der Waals surface area contributed by atoms with Crippen LogP contribution in [0.4, 0.5) is 0 Å². The molecule has 1 fully saturated rings. The van der Waals surface area contributed by atoms with Crippen LogP contribution in [0.1, 0.15) is 35.2 Å². The van der Waals surface area contributed by atoms with E-state index in [-0.39, 0.29) is 17.7 Å². The summed E-state index contributed by atoms with van der Waals surface area (Å²) in [5.41, 5.74) is 2.83. The van der Waals surface area contributed by atoms with Gasteiger partial charge in [0.2, 0.25) is 5.91 Å². The van der Waals surface area contributed by atoms with Crippen molar-refractivity contribution in [3.8, 4) is 0 Å². The van der Waals surface area contributed by atoms with Gasteiger partial charge in [0.25, 0.3) is 0 Å². The van der Waals surface area contributed by atoms with E-state index >= 15 is 0 Å². The molecule has 1 aromatic heterocycles. The van der Waals surface area contributed by atoms with Gasteiger partial charge in [-0.2, -0.15) is 0 Å². The summed E-state index contributed by atoms with van der Waals surface area (Å²) in [6, 6.07) is 2.03. The van der Waals surface area contributed by atoms with Crippen molar-refractivity contribution in [3.05, 3.63) is 23.2 Å². The molecule has 2 rings (SSSR count). The molecule has 2 amide bonds. The molecule has 0 radical (unpaired) electrons. The molecule has 1 unspecified atom stereocenters. The van der Waals surface area contributed by atoms with E-state index < -0.39 is 5.91 Å². The van der Waals surface area contributed by atoms with Crippen LogP contribution < -0.4 is 16.6 Å². The fourth-order valence-electron chi connectivity index (χ4n) is 2.52. The van der Waals surface area contributed by atoms with Gasteiger partial charge in [0.15, 0.2) is 5.76 Å². The molecule has 0 spiro atoms. The van der Waals surface area contributed by atoms with Gasteiger partial charge in [-0.15, -0.1) is 0 Å². The van der Waals surface area contributed by atoms with Crippen LogP contribution in [-0.2, 0) is 11.3 Å². The number of hydrogen-bond acceptors (Lipinski definition) is 5. The third-order valence-electron chi connectivity index (χ3n) is 3.37. The quantitative estimate of drug-likeness (QED) is 0.406. The average molecular weight is 280 g/mol. The number of carbonyl (C=O) groups excluding carboxylic acids is 2. The number of hydrogen-bond donors (Lipinski definition) is 3. The Morgan fingerprint density at radius 3 is 2.95 bits per heavy atom. The highest BCUT2D eigenvalue weighted by Crippen LogP contribution is 2.19. The number of nitrogen functional groups attached to an aromatic ring is 1. The minimum absolute atomic E-state index is 0.00686. The SMILES string of the molecule is CC(=O)NC1CCN(Cc2cc(C)c(C(=O)NN)o2)C1. The summed E-state index contributed by atoms with van der Waals surface area (Å²) in [5.74, 6) is 5.65. The summed E-state index contributed by atoms with van der Waals surface area (Å²) in [6.07, 6.45) is 0.926. The Hall–Kier alpha value is -1.86. The molecule has 7 heteroatoms. The maximum absolute atomic E-state index is 11.5. The lowest BCUT2D eigenvalue weighted by atomic mass is 10.2. The van der Waals surface area contributed by atoms with Crippen molar-refractivity contribution >= 4 is 11.8 Å². The zero-order chi connectivity index (χ0) is 14.7. The lowest BCUT2D eigenvalue weighted by molar-refractivity contribution is -0.119. The Morgan fingerprint density at radius 2 is 2.30 bits per heavy atom. The van der Waals surface area contributed by atoms with Crippen LogP contribution in [0.25, 0.3) is 0 Å². The van der Waals surface area contributed by atoms with Gasteiger partial charge in [-0.3, -0.25) is 19.9 Å². The maximum atomic E-state index is 11.5. The standard InChI is InChI=1S/C13H20N4O3/c1-8-5-11(20-12(8)13(19)16-14)7-17-4-3-10(6-17)15-9(2)18/h5,10H,3-4,6-7,14H2,1-2H3,(H,15,18)(H,16,19). The molecule has 110 valence electrons. The number of aryl methyl sites for hydroxylation is 1. The minimum Gasteiger partial charge on any atom is -0.454 e. The smallest absolute Gasteiger partial charge is 0.301 e. The molecule has 4 N–H and O–H groups in total. The summed E-state index contributed by atoms with van der Waals surface area (Å²) < 4.78 is 5.52. The van der Waals surface area contributed by atoms with Crippen molar-refractivity contribution in [2.24, 2.45) is 5.84 Å². The number of amides is 2. The number of nitrogens with zero attached hydrogens (tertiary/aromatic N) is 1. The van der Waals surface area contributed by atoms with Gasteiger partial charge in [-0.05, 0) is 19.4 Å². The molecular formula is C13H20N4O3. The van der Waals surface area contributed by atoms with Gasteiger partial charge in [0.05, 0.1) is 6.54 Å². The fraction of sp³-hybridized carbons (Fsp3) is 0.538. The first kappa shape index (κ1) is 14.5. The molecule has 0 bridgehead atoms. The van der Waals surface area contributed by atoms with E-state index in [4.69, 9.17) is 10.3 Å². The second kappa shape index (κ2) is 6.06. The van der Waals surface area contributed by atoms with Crippen molar-refractivity contribution < 1.29 is 14.0 Å². The largest absolute Gasteiger partial charge is 0.454 e. The number of hydrazine groups is 1. The summed E-state index contributed by atoms with van der Waals surface area (Å²) in [4.78, 5) is 24.7. The van der Waals surface area contributed by atoms with Gasteiger partial charge in [-0.25, -0.2) is 5.84 Å². The Labute approximate surface area is 117 Å². The van der Waals surface area contributed by atoms with Crippen molar-refractivity contribution in [2.45, 2.75) is 32.9 Å². The second-order valence-electron chi connectivity index (χ2n) is 5.12. The Morgan fingerprint density at radius 1 is 1.55 bits per heavy atom. The van der Waals surface area contributed by atoms with E-state index in [9.17, 15) is 9.59 Å². The van der Waals surface area contributed by atoms with Crippen LogP contribution in [0.15, 0.2) is 10.5 Å². The van der Waals surface area contributed by atoms with Crippen LogP contribution in [0.5, 0.6) is 0 Å². The number of carbonyl (C=O) groups is 2. The summed E-state index contributed by atoms with van der Waals surface area (Å²) in [7, 11) is 0. The molecule has 0 aliphatic carbocycles. The van der Waals surface area contributed by atoms with Gasteiger partial charge in [0, 0.05) is 31.6 Å². The van der Waals surface area contributed by atoms with E-state index in [1.807, 2.05) is 13.0 Å². The van der Waals surface area contributed by atoms with Crippen LogP contribution in [0, 0.1) is 6.92 Å². The Bertz CT molecular complexity index is 512. The topological polar surface area (TPSA) is 101 Å². The molecule has 0 aromatic carbocycles. The summed E-state index contributed by atoms with van der Waals surface area (Å²) >= 11 is 0. The van der Waals surface area contributed by atoms with Crippen molar-refractivity contribution in [1.82, 2.24) is 15.6 Å². The third-order valence-corrected chi connectivity index (χ3v) is 3.37. The Balaban J connectivity index is 1.95. The molecule has 1 saturated heterocycles. The zero-order valence-electron chi connectivity index (χ0n) is 11.7. The number of rotatable bonds is 4. The first-order chi connectivity index (χ1) is 9.49. The second-order valence-corrected chi connectivity index (χ2v) is 5.12. The predicted octanol–water partition coefficient (Wildman–Crippen LogP) is -0.0981. The first-order valence-electron chi connectivity index (χ1n) is 6.59. The van der Waals surface area contributed by atoms with E-state index in [1.165, 1.54) is 6.92 Å². The van der Waals surface area contributed by atoms with Gasteiger partial charge in [-0.1, -0.05) is 0 Å². The minimum atomic E-state index is -0.425. The zero-order valence-corrected chi connectivity index (χ0v) is 11.7.